The van der Waals surface area contributed by atoms with E-state index in [4.69, 9.17) is 0 Å². The fraction of sp³-hybridized carbons (Fsp3) is 0.385. The van der Waals surface area contributed by atoms with E-state index in [1.807, 2.05) is 48.5 Å². The molecule has 4 heteroatoms. The highest BCUT2D eigenvalue weighted by molar-refractivity contribution is 6.86. The molecule has 3 atom stereocenters. The van der Waals surface area contributed by atoms with E-state index in [9.17, 15) is 9.59 Å². The second kappa shape index (κ2) is 8.35. The molecule has 0 unspecified atom stereocenters. The van der Waals surface area contributed by atoms with Gasteiger partial charge in [0.05, 0.1) is 25.6 Å². The molecule has 0 spiro atoms. The molecule has 156 valence electrons. The highest BCUT2D eigenvalue weighted by Gasteiger charge is 2.54. The van der Waals surface area contributed by atoms with E-state index in [0.29, 0.717) is 5.69 Å². The summed E-state index contributed by atoms with van der Waals surface area (Å²) in [7, 11) is -1.62. The van der Waals surface area contributed by atoms with Gasteiger partial charge >= 0.3 is 0 Å². The molecule has 2 aromatic carbocycles. The zero-order valence-electron chi connectivity index (χ0n) is 18.2. The number of imide groups is 1. The lowest BCUT2D eigenvalue weighted by Gasteiger charge is -2.39. The van der Waals surface area contributed by atoms with Gasteiger partial charge in [-0.3, -0.25) is 14.5 Å². The smallest absolute Gasteiger partial charge is 0.238 e. The minimum absolute atomic E-state index is 0.0195. The monoisotopic (exact) mass is 417 g/mol. The Morgan fingerprint density at radius 2 is 1.40 bits per heavy atom. The first-order valence-corrected chi connectivity index (χ1v) is 13.9. The third-order valence-corrected chi connectivity index (χ3v) is 13.4. The zero-order chi connectivity index (χ0) is 21.3. The standard InChI is InChI=1S/C26H31NO2Si/c1-4-30(5-2,6-3)21-17-22(19-13-9-7-10-14-19)24-23(18-21)25(28)27(26(24)29)20-15-11-8-12-16-20/h7-17,22-24H,4-6,18H2,1-3H3/t22-,23-,24+/m1/s1. The van der Waals surface area contributed by atoms with Crippen LogP contribution in [-0.4, -0.2) is 19.9 Å². The highest BCUT2D eigenvalue weighted by Crippen LogP contribution is 2.49. The van der Waals surface area contributed by atoms with Crippen molar-refractivity contribution in [3.05, 3.63) is 77.5 Å². The Hall–Kier alpha value is -2.46. The summed E-state index contributed by atoms with van der Waals surface area (Å²) in [5.74, 6) is -0.645. The van der Waals surface area contributed by atoms with E-state index >= 15 is 0 Å². The molecule has 0 saturated carbocycles. The highest BCUT2D eigenvalue weighted by atomic mass is 28.3. The number of fused-ring (bicyclic) bond motifs is 1. The molecule has 0 N–H and O–H groups in total. The van der Waals surface area contributed by atoms with Gasteiger partial charge in [0, 0.05) is 5.92 Å². The van der Waals surface area contributed by atoms with Crippen LogP contribution in [0.25, 0.3) is 0 Å². The Morgan fingerprint density at radius 1 is 0.833 bits per heavy atom. The molecule has 1 saturated heterocycles. The van der Waals surface area contributed by atoms with E-state index in [-0.39, 0.29) is 29.6 Å². The first-order valence-electron chi connectivity index (χ1n) is 11.2. The summed E-state index contributed by atoms with van der Waals surface area (Å²) in [4.78, 5) is 28.6. The van der Waals surface area contributed by atoms with Gasteiger partial charge in [-0.2, -0.15) is 0 Å². The Labute approximate surface area is 180 Å². The minimum atomic E-state index is -1.62. The van der Waals surface area contributed by atoms with Crippen molar-refractivity contribution < 1.29 is 9.59 Å². The molecule has 2 aromatic rings. The van der Waals surface area contributed by atoms with Crippen LogP contribution in [-0.2, 0) is 9.59 Å². The number of para-hydroxylation sites is 1. The molecule has 2 aliphatic rings. The summed E-state index contributed by atoms with van der Waals surface area (Å²) in [6.45, 7) is 6.92. The van der Waals surface area contributed by atoms with Crippen LogP contribution in [0.2, 0.25) is 18.1 Å². The molecular weight excluding hydrogens is 386 g/mol. The number of hydrogen-bond acceptors (Lipinski definition) is 2. The van der Waals surface area contributed by atoms with Crippen LogP contribution in [0.5, 0.6) is 0 Å². The van der Waals surface area contributed by atoms with Gasteiger partial charge in [0.25, 0.3) is 0 Å². The first-order chi connectivity index (χ1) is 14.6. The first kappa shape index (κ1) is 20.8. The predicted molar refractivity (Wildman–Crippen MR) is 125 cm³/mol. The Kier molecular flexibility index (Phi) is 5.78. The van der Waals surface area contributed by atoms with Crippen molar-refractivity contribution in [1.82, 2.24) is 0 Å². The predicted octanol–water partition coefficient (Wildman–Crippen LogP) is 5.95. The van der Waals surface area contributed by atoms with E-state index in [1.54, 1.807) is 0 Å². The van der Waals surface area contributed by atoms with Crippen molar-refractivity contribution in [2.24, 2.45) is 11.8 Å². The van der Waals surface area contributed by atoms with Crippen LogP contribution in [0.4, 0.5) is 5.69 Å². The second-order valence-electron chi connectivity index (χ2n) is 8.65. The van der Waals surface area contributed by atoms with Crippen molar-refractivity contribution in [1.29, 1.82) is 0 Å². The van der Waals surface area contributed by atoms with E-state index in [0.717, 1.165) is 12.0 Å². The Morgan fingerprint density at radius 3 is 1.97 bits per heavy atom. The van der Waals surface area contributed by atoms with Gasteiger partial charge in [-0.05, 0) is 24.1 Å². The van der Waals surface area contributed by atoms with Gasteiger partial charge in [0.1, 0.15) is 0 Å². The van der Waals surface area contributed by atoms with Gasteiger partial charge in [-0.25, -0.2) is 0 Å². The molecule has 1 aliphatic heterocycles. The summed E-state index contributed by atoms with van der Waals surface area (Å²) < 4.78 is 0. The SMILES string of the molecule is CC[Si](CC)(CC)C1=C[C@H](c2ccccc2)[C@@H]2C(=O)N(c3ccccc3)C(=O)[C@@H]2C1. The molecule has 0 aromatic heterocycles. The lowest BCUT2D eigenvalue weighted by atomic mass is 9.74. The number of nitrogens with zero attached hydrogens (tertiary/aromatic N) is 1. The third-order valence-electron chi connectivity index (χ3n) is 7.59. The molecule has 30 heavy (non-hydrogen) atoms. The average Bonchev–Trinajstić information content (AvgIpc) is 3.06. The Balaban J connectivity index is 1.82. The number of rotatable bonds is 6. The summed E-state index contributed by atoms with van der Waals surface area (Å²) in [5, 5.41) is 1.50. The van der Waals surface area contributed by atoms with Crippen LogP contribution >= 0.6 is 0 Å². The number of amides is 2. The number of carbonyl (C=O) groups excluding carboxylic acids is 2. The van der Waals surface area contributed by atoms with Gasteiger partial charge in [-0.1, -0.05) is 98.7 Å². The number of benzene rings is 2. The molecule has 3 nitrogen and oxygen atoms in total. The van der Waals surface area contributed by atoms with E-state index < -0.39 is 8.07 Å². The normalized spacial score (nSPS) is 24.0. The van der Waals surface area contributed by atoms with Crippen LogP contribution in [0.1, 0.15) is 38.7 Å². The second-order valence-corrected chi connectivity index (χ2v) is 14.0. The molecule has 1 fully saturated rings. The van der Waals surface area contributed by atoms with Crippen LogP contribution in [0, 0.1) is 11.8 Å². The number of allylic oxidation sites excluding steroid dienone is 2. The zero-order valence-corrected chi connectivity index (χ0v) is 19.2. The Bertz CT molecular complexity index is 941. The number of anilines is 1. The largest absolute Gasteiger partial charge is 0.274 e. The minimum Gasteiger partial charge on any atom is -0.274 e. The number of hydrogen-bond donors (Lipinski definition) is 0. The van der Waals surface area contributed by atoms with Crippen LogP contribution < -0.4 is 4.90 Å². The van der Waals surface area contributed by atoms with E-state index in [1.165, 1.54) is 28.2 Å². The maximum Gasteiger partial charge on any atom is 0.238 e. The number of carbonyl (C=O) groups is 2. The third kappa shape index (κ3) is 3.27. The summed E-state index contributed by atoms with van der Waals surface area (Å²) >= 11 is 0. The topological polar surface area (TPSA) is 37.4 Å². The fourth-order valence-electron chi connectivity index (χ4n) is 5.63. The average molecular weight is 418 g/mol. The fourth-order valence-corrected chi connectivity index (χ4v) is 9.68. The lowest BCUT2D eigenvalue weighted by molar-refractivity contribution is -0.122. The van der Waals surface area contributed by atoms with Crippen LogP contribution in [0.3, 0.4) is 0 Å². The lowest BCUT2D eigenvalue weighted by Crippen LogP contribution is -2.40. The van der Waals surface area contributed by atoms with Gasteiger partial charge in [0.2, 0.25) is 11.8 Å². The van der Waals surface area contributed by atoms with Crippen LogP contribution in [0.15, 0.2) is 71.9 Å². The van der Waals surface area contributed by atoms with Gasteiger partial charge in [0.15, 0.2) is 0 Å². The maximum absolute atomic E-state index is 13.6. The van der Waals surface area contributed by atoms with Crippen molar-refractivity contribution in [3.8, 4) is 0 Å². The van der Waals surface area contributed by atoms with Crippen molar-refractivity contribution in [2.45, 2.75) is 51.2 Å². The molecule has 1 heterocycles. The summed E-state index contributed by atoms with van der Waals surface area (Å²) in [6.07, 6.45) is 3.16. The van der Waals surface area contributed by atoms with E-state index in [2.05, 4.69) is 39.0 Å². The quantitative estimate of drug-likeness (QED) is 0.430. The molecule has 4 rings (SSSR count). The molecule has 2 amide bonds. The van der Waals surface area contributed by atoms with Crippen molar-refractivity contribution in [3.63, 3.8) is 0 Å². The van der Waals surface area contributed by atoms with Crippen molar-refractivity contribution >= 4 is 25.6 Å². The molecule has 1 aliphatic carbocycles. The maximum atomic E-state index is 13.6. The van der Waals surface area contributed by atoms with Gasteiger partial charge in [-0.15, -0.1) is 0 Å². The summed E-state index contributed by atoms with van der Waals surface area (Å²) in [6, 6.07) is 23.3. The molecular formula is C26H31NO2Si. The van der Waals surface area contributed by atoms with Crippen molar-refractivity contribution in [2.75, 3.05) is 4.90 Å². The molecule has 0 radical (unpaired) electrons. The molecule has 0 bridgehead atoms. The summed E-state index contributed by atoms with van der Waals surface area (Å²) in [5.41, 5.74) is 1.84. The van der Waals surface area contributed by atoms with Gasteiger partial charge < -0.3 is 0 Å².